The Kier molecular flexibility index (Phi) is 2.71. The molecule has 1 aromatic carbocycles. The van der Waals surface area contributed by atoms with Crippen molar-refractivity contribution in [2.45, 2.75) is 19.3 Å². The molecule has 0 atom stereocenters. The lowest BCUT2D eigenvalue weighted by atomic mass is 10.0. The number of carbonyl (C=O) groups excluding carboxylic acids is 1. The highest BCUT2D eigenvalue weighted by Crippen LogP contribution is 2.31. The molecule has 1 amide bonds. The second-order valence-corrected chi connectivity index (χ2v) is 4.94. The van der Waals surface area contributed by atoms with E-state index in [2.05, 4.69) is 10.3 Å². The number of nitrogens with zero attached hydrogens (tertiary/aromatic N) is 1. The minimum atomic E-state index is -0.0529. The Hall–Kier alpha value is -1.61. The van der Waals surface area contributed by atoms with Gasteiger partial charge in [0.1, 0.15) is 0 Å². The molecule has 3 nitrogen and oxygen atoms in total. The van der Waals surface area contributed by atoms with E-state index in [1.807, 2.05) is 18.2 Å². The topological polar surface area (TPSA) is 42.0 Å². The molecule has 3 rings (SSSR count). The minimum Gasteiger partial charge on any atom is -0.355 e. The van der Waals surface area contributed by atoms with E-state index in [1.54, 1.807) is 7.05 Å². The van der Waals surface area contributed by atoms with Crippen LogP contribution in [-0.4, -0.2) is 17.9 Å². The van der Waals surface area contributed by atoms with Crippen molar-refractivity contribution in [3.05, 3.63) is 40.0 Å². The van der Waals surface area contributed by atoms with Gasteiger partial charge in [0.2, 0.25) is 0 Å². The highest BCUT2D eigenvalue weighted by atomic mass is 35.5. The number of amides is 1. The highest BCUT2D eigenvalue weighted by Gasteiger charge is 2.23. The fourth-order valence-corrected chi connectivity index (χ4v) is 2.79. The molecule has 0 fully saturated rings. The van der Waals surface area contributed by atoms with Crippen molar-refractivity contribution in [2.24, 2.45) is 0 Å². The number of pyridine rings is 1. The summed E-state index contributed by atoms with van der Waals surface area (Å²) in [5.74, 6) is -0.0529. The predicted molar refractivity (Wildman–Crippen MR) is 72.2 cm³/mol. The molecule has 1 aliphatic rings. The van der Waals surface area contributed by atoms with Crippen LogP contribution in [0.4, 0.5) is 0 Å². The van der Waals surface area contributed by atoms with Gasteiger partial charge in [0, 0.05) is 23.2 Å². The van der Waals surface area contributed by atoms with E-state index in [1.165, 1.54) is 0 Å². The molecular formula is C14H13ClN2O. The minimum absolute atomic E-state index is 0.0529. The Morgan fingerprint density at radius 3 is 3.00 bits per heavy atom. The molecule has 1 heterocycles. The maximum Gasteiger partial charge on any atom is 0.252 e. The normalized spacial score (nSPS) is 13.7. The fourth-order valence-electron chi connectivity index (χ4n) is 2.62. The van der Waals surface area contributed by atoms with Crippen molar-refractivity contribution in [1.29, 1.82) is 0 Å². The van der Waals surface area contributed by atoms with E-state index in [-0.39, 0.29) is 5.91 Å². The van der Waals surface area contributed by atoms with E-state index >= 15 is 0 Å². The van der Waals surface area contributed by atoms with Crippen molar-refractivity contribution in [1.82, 2.24) is 10.3 Å². The quantitative estimate of drug-likeness (QED) is 0.857. The lowest BCUT2D eigenvalue weighted by Crippen LogP contribution is -2.20. The molecule has 92 valence electrons. The van der Waals surface area contributed by atoms with Crippen molar-refractivity contribution in [3.63, 3.8) is 0 Å². The van der Waals surface area contributed by atoms with Crippen LogP contribution >= 0.6 is 11.6 Å². The van der Waals surface area contributed by atoms with Crippen molar-refractivity contribution >= 4 is 28.4 Å². The van der Waals surface area contributed by atoms with Gasteiger partial charge in [-0.1, -0.05) is 11.6 Å². The lowest BCUT2D eigenvalue weighted by Gasteiger charge is -2.11. The molecule has 0 saturated carbocycles. The first kappa shape index (κ1) is 11.5. The summed E-state index contributed by atoms with van der Waals surface area (Å²) in [6.07, 6.45) is 2.95. The predicted octanol–water partition coefficient (Wildman–Crippen LogP) is 2.74. The van der Waals surface area contributed by atoms with Gasteiger partial charge in [-0.3, -0.25) is 9.78 Å². The lowest BCUT2D eigenvalue weighted by molar-refractivity contribution is 0.0964. The molecule has 0 bridgehead atoms. The third-order valence-corrected chi connectivity index (χ3v) is 3.66. The Morgan fingerprint density at radius 1 is 1.39 bits per heavy atom. The summed E-state index contributed by atoms with van der Waals surface area (Å²) in [5.41, 5.74) is 3.74. The summed E-state index contributed by atoms with van der Waals surface area (Å²) in [4.78, 5) is 16.8. The number of halogens is 1. The summed E-state index contributed by atoms with van der Waals surface area (Å²) in [5, 5.41) is 4.19. The first-order chi connectivity index (χ1) is 8.70. The third kappa shape index (κ3) is 1.66. The molecule has 0 aliphatic heterocycles. The zero-order valence-electron chi connectivity index (χ0n) is 10.1. The number of benzene rings is 1. The first-order valence-electron chi connectivity index (χ1n) is 6.04. The molecule has 1 N–H and O–H groups in total. The molecule has 18 heavy (non-hydrogen) atoms. The van der Waals surface area contributed by atoms with Crippen LogP contribution in [0.2, 0.25) is 5.02 Å². The maximum atomic E-state index is 12.1. The second kappa shape index (κ2) is 4.25. The number of nitrogens with one attached hydrogen (secondary N) is 1. The van der Waals surface area contributed by atoms with Gasteiger partial charge in [-0.25, -0.2) is 0 Å². The van der Waals surface area contributed by atoms with E-state index in [0.717, 1.165) is 47.0 Å². The van der Waals surface area contributed by atoms with Gasteiger partial charge in [0.25, 0.3) is 5.91 Å². The number of carbonyl (C=O) groups is 1. The van der Waals surface area contributed by atoms with Crippen LogP contribution in [0.1, 0.15) is 28.0 Å². The molecule has 4 heteroatoms. The Labute approximate surface area is 110 Å². The van der Waals surface area contributed by atoms with Gasteiger partial charge in [-0.05, 0) is 43.0 Å². The van der Waals surface area contributed by atoms with E-state index in [9.17, 15) is 4.79 Å². The maximum absolute atomic E-state index is 12.1. The summed E-state index contributed by atoms with van der Waals surface area (Å²) < 4.78 is 0. The average molecular weight is 261 g/mol. The number of rotatable bonds is 1. The molecule has 0 radical (unpaired) electrons. The van der Waals surface area contributed by atoms with Crippen LogP contribution in [0.25, 0.3) is 10.9 Å². The zero-order valence-corrected chi connectivity index (χ0v) is 10.8. The smallest absolute Gasteiger partial charge is 0.252 e. The van der Waals surface area contributed by atoms with Crippen LogP contribution in [0.3, 0.4) is 0 Å². The SMILES string of the molecule is CNC(=O)c1c2c(nc3ccc(Cl)cc13)CCC2. The standard InChI is InChI=1S/C14H13ClN2O/c1-16-14(18)13-9-3-2-4-11(9)17-12-6-5-8(15)7-10(12)13/h5-7H,2-4H2,1H3,(H,16,18). The number of aromatic nitrogens is 1. The molecule has 2 aromatic rings. The van der Waals surface area contributed by atoms with E-state index in [0.29, 0.717) is 5.02 Å². The highest BCUT2D eigenvalue weighted by molar-refractivity contribution is 6.31. The molecule has 0 saturated heterocycles. The van der Waals surface area contributed by atoms with Gasteiger partial charge in [-0.2, -0.15) is 0 Å². The molecule has 0 spiro atoms. The van der Waals surface area contributed by atoms with Crippen molar-refractivity contribution < 1.29 is 4.79 Å². The van der Waals surface area contributed by atoms with Crippen molar-refractivity contribution in [2.75, 3.05) is 7.05 Å². The van der Waals surface area contributed by atoms with Crippen LogP contribution < -0.4 is 5.32 Å². The largest absolute Gasteiger partial charge is 0.355 e. The average Bonchev–Trinajstić information content (AvgIpc) is 2.82. The molecule has 1 aliphatic carbocycles. The Bertz CT molecular complexity index is 652. The van der Waals surface area contributed by atoms with Crippen LogP contribution in [0.5, 0.6) is 0 Å². The molecular weight excluding hydrogens is 248 g/mol. The Morgan fingerprint density at radius 2 is 2.22 bits per heavy atom. The second-order valence-electron chi connectivity index (χ2n) is 4.51. The molecule has 0 unspecified atom stereocenters. The van der Waals surface area contributed by atoms with Gasteiger partial charge in [0.05, 0.1) is 11.1 Å². The summed E-state index contributed by atoms with van der Waals surface area (Å²) in [6, 6.07) is 5.52. The van der Waals surface area contributed by atoms with Crippen LogP contribution in [-0.2, 0) is 12.8 Å². The monoisotopic (exact) mass is 260 g/mol. The zero-order chi connectivity index (χ0) is 12.7. The number of hydrogen-bond acceptors (Lipinski definition) is 2. The van der Waals surface area contributed by atoms with Gasteiger partial charge >= 0.3 is 0 Å². The summed E-state index contributed by atoms with van der Waals surface area (Å²) in [6.45, 7) is 0. The Balaban J connectivity index is 2.40. The van der Waals surface area contributed by atoms with Gasteiger partial charge < -0.3 is 5.32 Å². The van der Waals surface area contributed by atoms with Crippen LogP contribution in [0.15, 0.2) is 18.2 Å². The fraction of sp³-hybridized carbons (Fsp3) is 0.286. The van der Waals surface area contributed by atoms with Crippen LogP contribution in [0, 0.1) is 0 Å². The summed E-state index contributed by atoms with van der Waals surface area (Å²) in [7, 11) is 1.65. The third-order valence-electron chi connectivity index (χ3n) is 3.43. The van der Waals surface area contributed by atoms with E-state index in [4.69, 9.17) is 11.6 Å². The van der Waals surface area contributed by atoms with Gasteiger partial charge in [-0.15, -0.1) is 0 Å². The summed E-state index contributed by atoms with van der Waals surface area (Å²) >= 11 is 6.03. The number of fused-ring (bicyclic) bond motifs is 2. The number of aryl methyl sites for hydroxylation is 1. The van der Waals surface area contributed by atoms with E-state index < -0.39 is 0 Å². The molecule has 1 aromatic heterocycles. The number of hydrogen-bond donors (Lipinski definition) is 1. The van der Waals surface area contributed by atoms with Gasteiger partial charge in [0.15, 0.2) is 0 Å². The first-order valence-corrected chi connectivity index (χ1v) is 6.41. The van der Waals surface area contributed by atoms with Crippen molar-refractivity contribution in [3.8, 4) is 0 Å².